The second kappa shape index (κ2) is 5.89. The third-order valence-corrected chi connectivity index (χ3v) is 2.57. The molecule has 5 heteroatoms. The molecule has 0 bridgehead atoms. The summed E-state index contributed by atoms with van der Waals surface area (Å²) in [5.41, 5.74) is 7.19. The molecule has 1 aromatic carbocycles. The van der Waals surface area contributed by atoms with E-state index in [9.17, 15) is 4.79 Å². The quantitative estimate of drug-likeness (QED) is 0.840. The first-order valence-corrected chi connectivity index (χ1v) is 5.65. The van der Waals surface area contributed by atoms with E-state index in [-0.39, 0.29) is 6.61 Å². The molecule has 4 nitrogen and oxygen atoms in total. The minimum atomic E-state index is -0.887. The normalized spacial score (nSPS) is 12.1. The first-order chi connectivity index (χ1) is 8.01. The van der Waals surface area contributed by atoms with Gasteiger partial charge in [-0.2, -0.15) is 0 Å². The van der Waals surface area contributed by atoms with Crippen LogP contribution in [0.5, 0.6) is 5.75 Å². The summed E-state index contributed by atoms with van der Waals surface area (Å²) in [5.74, 6) is 0.0717. The highest BCUT2D eigenvalue weighted by molar-refractivity contribution is 6.30. The summed E-state index contributed by atoms with van der Waals surface area (Å²) in [4.78, 5) is 11.6. The molecule has 1 rings (SSSR count). The zero-order valence-electron chi connectivity index (χ0n) is 10.1. The molecule has 1 unspecified atom stereocenters. The van der Waals surface area contributed by atoms with Gasteiger partial charge in [0.05, 0.1) is 13.7 Å². The van der Waals surface area contributed by atoms with Crippen molar-refractivity contribution in [2.75, 3.05) is 13.7 Å². The maximum Gasteiger partial charge on any atom is 0.327 e. The smallest absolute Gasteiger partial charge is 0.327 e. The molecule has 0 heterocycles. The number of methoxy groups -OCH3 is 1. The predicted molar refractivity (Wildman–Crippen MR) is 66.3 cm³/mol. The van der Waals surface area contributed by atoms with Crippen LogP contribution in [0.1, 0.15) is 24.1 Å². The Hall–Kier alpha value is -1.26. The lowest BCUT2D eigenvalue weighted by Gasteiger charge is -2.16. The van der Waals surface area contributed by atoms with Gasteiger partial charge in [-0.25, -0.2) is 4.79 Å². The molecule has 2 N–H and O–H groups in total. The first-order valence-electron chi connectivity index (χ1n) is 5.27. The van der Waals surface area contributed by atoms with Gasteiger partial charge in [0, 0.05) is 10.6 Å². The Kier molecular flexibility index (Phi) is 4.78. The third-order valence-electron chi connectivity index (χ3n) is 2.35. The van der Waals surface area contributed by atoms with Crippen molar-refractivity contribution in [1.29, 1.82) is 0 Å². The summed E-state index contributed by atoms with van der Waals surface area (Å²) in [6.45, 7) is 3.85. The molecule has 0 aliphatic rings. The molecule has 0 fully saturated rings. The lowest BCUT2D eigenvalue weighted by Crippen LogP contribution is -2.24. The Morgan fingerprint density at radius 2 is 2.18 bits per heavy atom. The SMILES string of the molecule is CCOC(=O)C(N)c1cc(Cl)cc(C)c1OC. The third kappa shape index (κ3) is 3.11. The number of aryl methyl sites for hydroxylation is 1. The topological polar surface area (TPSA) is 61.5 Å². The van der Waals surface area contributed by atoms with Crippen LogP contribution in [0.2, 0.25) is 5.02 Å². The van der Waals surface area contributed by atoms with Gasteiger partial charge in [-0.15, -0.1) is 0 Å². The van der Waals surface area contributed by atoms with Gasteiger partial charge in [-0.3, -0.25) is 0 Å². The molecule has 1 aromatic rings. The second-order valence-corrected chi connectivity index (χ2v) is 4.01. The minimum absolute atomic E-state index is 0.286. The van der Waals surface area contributed by atoms with Crippen molar-refractivity contribution in [3.8, 4) is 5.75 Å². The number of nitrogens with two attached hydrogens (primary N) is 1. The monoisotopic (exact) mass is 257 g/mol. The highest BCUT2D eigenvalue weighted by atomic mass is 35.5. The van der Waals surface area contributed by atoms with Crippen LogP contribution in [0.3, 0.4) is 0 Å². The number of halogens is 1. The van der Waals surface area contributed by atoms with Gasteiger partial charge in [0.25, 0.3) is 0 Å². The predicted octanol–water partition coefficient (Wildman–Crippen LogP) is 2.22. The number of hydrogen-bond acceptors (Lipinski definition) is 4. The van der Waals surface area contributed by atoms with Gasteiger partial charge >= 0.3 is 5.97 Å². The molecule has 94 valence electrons. The molecule has 0 saturated heterocycles. The fraction of sp³-hybridized carbons (Fsp3) is 0.417. The minimum Gasteiger partial charge on any atom is -0.496 e. The Labute approximate surface area is 106 Å². The van der Waals surface area contributed by atoms with E-state index >= 15 is 0 Å². The number of carbonyl (C=O) groups excluding carboxylic acids is 1. The molecule has 0 saturated carbocycles. The highest BCUT2D eigenvalue weighted by Crippen LogP contribution is 2.31. The molecular formula is C12H16ClNO3. The Balaban J connectivity index is 3.15. The second-order valence-electron chi connectivity index (χ2n) is 3.57. The fourth-order valence-corrected chi connectivity index (χ4v) is 1.91. The standard InChI is InChI=1S/C12H16ClNO3/c1-4-17-12(15)10(14)9-6-8(13)5-7(2)11(9)16-3/h5-6,10H,4,14H2,1-3H3. The number of hydrogen-bond donors (Lipinski definition) is 1. The molecule has 0 aliphatic carbocycles. The van der Waals surface area contributed by atoms with E-state index in [4.69, 9.17) is 26.8 Å². The van der Waals surface area contributed by atoms with Gasteiger partial charge in [-0.05, 0) is 31.5 Å². The Morgan fingerprint density at radius 3 is 2.71 bits per heavy atom. The van der Waals surface area contributed by atoms with Gasteiger partial charge in [0.2, 0.25) is 0 Å². The molecule has 0 radical (unpaired) electrons. The summed E-state index contributed by atoms with van der Waals surface area (Å²) >= 11 is 5.94. The van der Waals surface area contributed by atoms with E-state index in [1.165, 1.54) is 7.11 Å². The maximum absolute atomic E-state index is 11.6. The van der Waals surface area contributed by atoms with E-state index in [2.05, 4.69) is 0 Å². The van der Waals surface area contributed by atoms with Gasteiger partial charge < -0.3 is 15.2 Å². The van der Waals surface area contributed by atoms with E-state index in [0.717, 1.165) is 5.56 Å². The summed E-state index contributed by atoms with van der Waals surface area (Å²) in [5, 5.41) is 0.512. The van der Waals surface area contributed by atoms with Crippen molar-refractivity contribution in [3.63, 3.8) is 0 Å². The molecule has 1 atom stereocenters. The average molecular weight is 258 g/mol. The van der Waals surface area contributed by atoms with Crippen LogP contribution in [0.15, 0.2) is 12.1 Å². The van der Waals surface area contributed by atoms with Crippen LogP contribution in [-0.4, -0.2) is 19.7 Å². The fourth-order valence-electron chi connectivity index (χ4n) is 1.62. The molecular weight excluding hydrogens is 242 g/mol. The molecule has 17 heavy (non-hydrogen) atoms. The maximum atomic E-state index is 11.6. The van der Waals surface area contributed by atoms with E-state index in [1.54, 1.807) is 19.1 Å². The zero-order chi connectivity index (χ0) is 13.0. The van der Waals surface area contributed by atoms with Crippen LogP contribution in [0.25, 0.3) is 0 Å². The molecule has 0 spiro atoms. The summed E-state index contributed by atoms with van der Waals surface area (Å²) < 4.78 is 10.1. The van der Waals surface area contributed by atoms with Crippen molar-refractivity contribution in [2.24, 2.45) is 5.73 Å². The molecule has 0 amide bonds. The Morgan fingerprint density at radius 1 is 1.53 bits per heavy atom. The lowest BCUT2D eigenvalue weighted by atomic mass is 10.0. The van der Waals surface area contributed by atoms with Crippen molar-refractivity contribution >= 4 is 17.6 Å². The van der Waals surface area contributed by atoms with Crippen molar-refractivity contribution in [1.82, 2.24) is 0 Å². The number of benzene rings is 1. The highest BCUT2D eigenvalue weighted by Gasteiger charge is 2.22. The van der Waals surface area contributed by atoms with Gasteiger partial charge in [-0.1, -0.05) is 11.6 Å². The first kappa shape index (κ1) is 13.8. The number of esters is 1. The van der Waals surface area contributed by atoms with E-state index in [0.29, 0.717) is 16.3 Å². The summed E-state index contributed by atoms with van der Waals surface area (Å²) in [7, 11) is 1.53. The lowest BCUT2D eigenvalue weighted by molar-refractivity contribution is -0.144. The number of carbonyl (C=O) groups is 1. The van der Waals surface area contributed by atoms with Crippen LogP contribution in [-0.2, 0) is 9.53 Å². The van der Waals surface area contributed by atoms with Crippen LogP contribution < -0.4 is 10.5 Å². The molecule has 0 aromatic heterocycles. The largest absolute Gasteiger partial charge is 0.496 e. The summed E-state index contributed by atoms with van der Waals surface area (Å²) in [6, 6.07) is 2.49. The van der Waals surface area contributed by atoms with Gasteiger partial charge in [0.1, 0.15) is 11.8 Å². The number of rotatable bonds is 4. The van der Waals surface area contributed by atoms with Crippen molar-refractivity contribution < 1.29 is 14.3 Å². The van der Waals surface area contributed by atoms with E-state index in [1.807, 2.05) is 6.92 Å². The van der Waals surface area contributed by atoms with Crippen molar-refractivity contribution in [2.45, 2.75) is 19.9 Å². The number of ether oxygens (including phenoxy) is 2. The zero-order valence-corrected chi connectivity index (χ0v) is 10.9. The summed E-state index contributed by atoms with van der Waals surface area (Å²) in [6.07, 6.45) is 0. The van der Waals surface area contributed by atoms with Crippen molar-refractivity contribution in [3.05, 3.63) is 28.3 Å². The van der Waals surface area contributed by atoms with Gasteiger partial charge in [0.15, 0.2) is 0 Å². The molecule has 0 aliphatic heterocycles. The van der Waals surface area contributed by atoms with Crippen LogP contribution in [0, 0.1) is 6.92 Å². The van der Waals surface area contributed by atoms with Crippen LogP contribution in [0.4, 0.5) is 0 Å². The Bertz CT molecular complexity index is 420. The average Bonchev–Trinajstić information content (AvgIpc) is 2.27. The van der Waals surface area contributed by atoms with E-state index < -0.39 is 12.0 Å². The van der Waals surface area contributed by atoms with Crippen LogP contribution >= 0.6 is 11.6 Å².